The Morgan fingerprint density at radius 1 is 1.05 bits per heavy atom. The van der Waals surface area contributed by atoms with Crippen LogP contribution in [0.15, 0.2) is 42.5 Å². The fourth-order valence-corrected chi connectivity index (χ4v) is 1.97. The molecule has 0 saturated carbocycles. The highest BCUT2D eigenvalue weighted by atomic mass is 16.2. The van der Waals surface area contributed by atoms with E-state index in [2.05, 4.69) is 35.6 Å². The quantitative estimate of drug-likeness (QED) is 0.861. The van der Waals surface area contributed by atoms with Gasteiger partial charge in [-0.2, -0.15) is 0 Å². The Bertz CT molecular complexity index is 595. The van der Waals surface area contributed by atoms with Crippen molar-refractivity contribution < 1.29 is 4.79 Å². The molecule has 2 aromatic carbocycles. The topological polar surface area (TPSA) is 29.1 Å². The molecule has 2 rings (SSSR count). The van der Waals surface area contributed by atoms with E-state index in [-0.39, 0.29) is 17.4 Å². The van der Waals surface area contributed by atoms with E-state index in [9.17, 15) is 4.79 Å². The number of fused-ring (bicyclic) bond motifs is 1. The number of carbonyl (C=O) groups excluding carboxylic acids is 1. The third-order valence-corrected chi connectivity index (χ3v) is 3.30. The van der Waals surface area contributed by atoms with Crippen molar-refractivity contribution in [3.05, 3.63) is 48.0 Å². The van der Waals surface area contributed by atoms with Crippen LogP contribution in [-0.4, -0.2) is 5.91 Å². The van der Waals surface area contributed by atoms with E-state index in [1.165, 1.54) is 10.8 Å². The van der Waals surface area contributed by atoms with Gasteiger partial charge in [0.1, 0.15) is 0 Å². The van der Waals surface area contributed by atoms with Gasteiger partial charge in [0.05, 0.1) is 6.04 Å². The molecule has 0 saturated heterocycles. The maximum absolute atomic E-state index is 12.0. The molecule has 0 radical (unpaired) electrons. The lowest BCUT2D eigenvalue weighted by Gasteiger charge is -2.22. The van der Waals surface area contributed by atoms with Crippen molar-refractivity contribution in [2.45, 2.75) is 33.7 Å². The number of hydrogen-bond donors (Lipinski definition) is 1. The van der Waals surface area contributed by atoms with Crippen LogP contribution in [-0.2, 0) is 4.79 Å². The van der Waals surface area contributed by atoms with Crippen molar-refractivity contribution in [3.8, 4) is 0 Å². The molecule has 19 heavy (non-hydrogen) atoms. The number of amides is 1. The molecule has 2 nitrogen and oxygen atoms in total. The van der Waals surface area contributed by atoms with Crippen molar-refractivity contribution in [2.75, 3.05) is 0 Å². The van der Waals surface area contributed by atoms with Crippen molar-refractivity contribution in [1.82, 2.24) is 5.32 Å². The minimum atomic E-state index is -0.356. The Kier molecular flexibility index (Phi) is 3.61. The third-order valence-electron chi connectivity index (χ3n) is 3.30. The normalized spacial score (nSPS) is 13.3. The number of nitrogens with one attached hydrogen (secondary N) is 1. The fourth-order valence-electron chi connectivity index (χ4n) is 1.97. The van der Waals surface area contributed by atoms with Gasteiger partial charge in [-0.25, -0.2) is 0 Å². The summed E-state index contributed by atoms with van der Waals surface area (Å²) in [6.45, 7) is 7.80. The Balaban J connectivity index is 2.22. The summed E-state index contributed by atoms with van der Waals surface area (Å²) in [5.74, 6) is 0.0770. The monoisotopic (exact) mass is 255 g/mol. The lowest BCUT2D eigenvalue weighted by molar-refractivity contribution is -0.129. The van der Waals surface area contributed by atoms with E-state index in [0.717, 1.165) is 5.56 Å². The number of benzene rings is 2. The van der Waals surface area contributed by atoms with Crippen LogP contribution in [0.5, 0.6) is 0 Å². The smallest absolute Gasteiger partial charge is 0.225 e. The van der Waals surface area contributed by atoms with Gasteiger partial charge in [-0.3, -0.25) is 4.79 Å². The van der Waals surface area contributed by atoms with Crippen LogP contribution in [0.3, 0.4) is 0 Å². The van der Waals surface area contributed by atoms with Crippen LogP contribution in [0, 0.1) is 5.41 Å². The van der Waals surface area contributed by atoms with Crippen LogP contribution in [0.4, 0.5) is 0 Å². The summed E-state index contributed by atoms with van der Waals surface area (Å²) in [4.78, 5) is 12.0. The standard InChI is InChI=1S/C17H21NO/c1-12(18-16(19)17(2,3)4)14-10-9-13-7-5-6-8-15(13)11-14/h5-12H,1-4H3,(H,18,19)/t12-/m1/s1. The molecule has 0 spiro atoms. The van der Waals surface area contributed by atoms with E-state index in [4.69, 9.17) is 0 Å². The predicted octanol–water partition coefficient (Wildman–Crippen LogP) is 4.06. The SMILES string of the molecule is C[C@@H](NC(=O)C(C)(C)C)c1ccc2ccccc2c1. The van der Waals surface area contributed by atoms with Crippen LogP contribution in [0.1, 0.15) is 39.3 Å². The summed E-state index contributed by atoms with van der Waals surface area (Å²) in [5.41, 5.74) is 0.779. The van der Waals surface area contributed by atoms with Gasteiger partial charge in [0.15, 0.2) is 0 Å². The zero-order chi connectivity index (χ0) is 14.0. The molecule has 1 amide bonds. The Hall–Kier alpha value is -1.83. The Labute approximate surface area is 114 Å². The minimum Gasteiger partial charge on any atom is -0.349 e. The molecular formula is C17H21NO. The van der Waals surface area contributed by atoms with Crippen molar-refractivity contribution in [3.63, 3.8) is 0 Å². The van der Waals surface area contributed by atoms with Gasteiger partial charge in [0, 0.05) is 5.41 Å². The van der Waals surface area contributed by atoms with E-state index in [1.807, 2.05) is 39.8 Å². The number of hydrogen-bond acceptors (Lipinski definition) is 1. The molecule has 0 aliphatic rings. The molecule has 0 fully saturated rings. The molecule has 0 aliphatic heterocycles. The first kappa shape index (κ1) is 13.6. The molecule has 1 atom stereocenters. The first-order valence-electron chi connectivity index (χ1n) is 6.67. The van der Waals surface area contributed by atoms with Crippen LogP contribution in [0.2, 0.25) is 0 Å². The Morgan fingerprint density at radius 2 is 1.68 bits per heavy atom. The van der Waals surface area contributed by atoms with E-state index >= 15 is 0 Å². The van der Waals surface area contributed by atoms with E-state index in [0.29, 0.717) is 0 Å². The molecule has 100 valence electrons. The summed E-state index contributed by atoms with van der Waals surface area (Å²) in [6, 6.07) is 14.6. The maximum atomic E-state index is 12.0. The summed E-state index contributed by atoms with van der Waals surface area (Å²) >= 11 is 0. The second kappa shape index (κ2) is 5.04. The molecule has 2 aromatic rings. The van der Waals surface area contributed by atoms with Gasteiger partial charge in [-0.1, -0.05) is 57.2 Å². The zero-order valence-corrected chi connectivity index (χ0v) is 12.0. The Morgan fingerprint density at radius 3 is 2.32 bits per heavy atom. The van der Waals surface area contributed by atoms with Crippen LogP contribution < -0.4 is 5.32 Å². The second-order valence-corrected chi connectivity index (χ2v) is 6.05. The minimum absolute atomic E-state index is 0.0244. The maximum Gasteiger partial charge on any atom is 0.225 e. The van der Waals surface area contributed by atoms with Crippen LogP contribution >= 0.6 is 0 Å². The number of rotatable bonds is 2. The summed E-state index contributed by atoms with van der Waals surface area (Å²) in [7, 11) is 0. The lowest BCUT2D eigenvalue weighted by atomic mass is 9.94. The molecule has 0 heterocycles. The first-order chi connectivity index (χ1) is 8.88. The third kappa shape index (κ3) is 3.14. The van der Waals surface area contributed by atoms with Crippen molar-refractivity contribution in [2.24, 2.45) is 5.41 Å². The zero-order valence-electron chi connectivity index (χ0n) is 12.0. The lowest BCUT2D eigenvalue weighted by Crippen LogP contribution is -2.36. The average molecular weight is 255 g/mol. The molecule has 2 heteroatoms. The highest BCUT2D eigenvalue weighted by Gasteiger charge is 2.22. The summed E-state index contributed by atoms with van der Waals surface area (Å²) in [5, 5.41) is 5.49. The fraction of sp³-hybridized carbons (Fsp3) is 0.353. The van der Waals surface area contributed by atoms with Gasteiger partial charge in [0.2, 0.25) is 5.91 Å². The predicted molar refractivity (Wildman–Crippen MR) is 80.0 cm³/mol. The van der Waals surface area contributed by atoms with Crippen molar-refractivity contribution in [1.29, 1.82) is 0 Å². The van der Waals surface area contributed by atoms with Gasteiger partial charge < -0.3 is 5.32 Å². The largest absolute Gasteiger partial charge is 0.349 e. The van der Waals surface area contributed by atoms with Gasteiger partial charge in [-0.15, -0.1) is 0 Å². The highest BCUT2D eigenvalue weighted by Crippen LogP contribution is 2.22. The molecule has 0 aromatic heterocycles. The first-order valence-corrected chi connectivity index (χ1v) is 6.67. The number of carbonyl (C=O) groups is 1. The average Bonchev–Trinajstić information content (AvgIpc) is 2.37. The molecule has 1 N–H and O–H groups in total. The van der Waals surface area contributed by atoms with Crippen molar-refractivity contribution >= 4 is 16.7 Å². The molecule has 0 unspecified atom stereocenters. The van der Waals surface area contributed by atoms with Gasteiger partial charge in [-0.05, 0) is 29.3 Å². The highest BCUT2D eigenvalue weighted by molar-refractivity contribution is 5.84. The van der Waals surface area contributed by atoms with E-state index in [1.54, 1.807) is 0 Å². The van der Waals surface area contributed by atoms with Crippen LogP contribution in [0.25, 0.3) is 10.8 Å². The summed E-state index contributed by atoms with van der Waals surface area (Å²) < 4.78 is 0. The second-order valence-electron chi connectivity index (χ2n) is 6.05. The van der Waals surface area contributed by atoms with Gasteiger partial charge >= 0.3 is 0 Å². The van der Waals surface area contributed by atoms with E-state index < -0.39 is 0 Å². The summed E-state index contributed by atoms with van der Waals surface area (Å²) in [6.07, 6.45) is 0. The molecule has 0 aliphatic carbocycles. The van der Waals surface area contributed by atoms with Gasteiger partial charge in [0.25, 0.3) is 0 Å². The molecular weight excluding hydrogens is 234 g/mol. The molecule has 0 bridgehead atoms.